The van der Waals surface area contributed by atoms with Crippen LogP contribution in [-0.4, -0.2) is 56.9 Å². The van der Waals surface area contributed by atoms with Gasteiger partial charge in [-0.25, -0.2) is 0 Å². The van der Waals surface area contributed by atoms with Crippen LogP contribution in [0.5, 0.6) is 0 Å². The van der Waals surface area contributed by atoms with E-state index in [1.807, 2.05) is 12.1 Å². The molecule has 160 valence electrons. The summed E-state index contributed by atoms with van der Waals surface area (Å²) >= 11 is 11.8. The van der Waals surface area contributed by atoms with E-state index in [0.717, 1.165) is 5.56 Å². The van der Waals surface area contributed by atoms with Gasteiger partial charge in [0, 0.05) is 47.9 Å². The van der Waals surface area contributed by atoms with E-state index in [4.69, 9.17) is 27.7 Å². The average Bonchev–Trinajstić information content (AvgIpc) is 3.22. The van der Waals surface area contributed by atoms with Gasteiger partial charge in [-0.15, -0.1) is 0 Å². The molecular weight excluding hydrogens is 445 g/mol. The van der Waals surface area contributed by atoms with Crippen LogP contribution >= 0.6 is 23.2 Å². The smallest absolute Gasteiger partial charge is 0.282 e. The van der Waals surface area contributed by atoms with Gasteiger partial charge in [0.1, 0.15) is 5.56 Å². The highest BCUT2D eigenvalue weighted by Gasteiger charge is 2.28. The van der Waals surface area contributed by atoms with E-state index in [0.29, 0.717) is 49.5 Å². The van der Waals surface area contributed by atoms with Crippen molar-refractivity contribution in [2.24, 2.45) is 0 Å². The van der Waals surface area contributed by atoms with Crippen LogP contribution in [-0.2, 0) is 6.54 Å². The van der Waals surface area contributed by atoms with E-state index in [2.05, 4.69) is 15.0 Å². The van der Waals surface area contributed by atoms with E-state index in [1.165, 1.54) is 18.2 Å². The first-order chi connectivity index (χ1) is 14.9. The standard InChI is InChI=1S/C20H17Cl2N5O4/c21-14-3-1-13(2-4-14)19-23-18(31-24-19)12-25-7-9-26(10-8-25)20(28)16-11-15(22)5-6-17(16)27(29)30/h1-6,11H,7-10,12H2. The van der Waals surface area contributed by atoms with Crippen molar-refractivity contribution in [3.8, 4) is 11.4 Å². The minimum absolute atomic E-state index is 0.00421. The van der Waals surface area contributed by atoms with Crippen molar-refractivity contribution in [2.75, 3.05) is 26.2 Å². The monoisotopic (exact) mass is 461 g/mol. The maximum absolute atomic E-state index is 12.8. The molecule has 1 fully saturated rings. The number of piperazine rings is 1. The number of nitrogens with zero attached hydrogens (tertiary/aromatic N) is 5. The second-order valence-electron chi connectivity index (χ2n) is 7.01. The first kappa shape index (κ1) is 21.2. The lowest BCUT2D eigenvalue weighted by Crippen LogP contribution is -2.48. The van der Waals surface area contributed by atoms with Crippen LogP contribution in [0.3, 0.4) is 0 Å². The molecule has 4 rings (SSSR count). The third-order valence-corrected chi connectivity index (χ3v) is 5.46. The Morgan fingerprint density at radius 1 is 1.06 bits per heavy atom. The fourth-order valence-corrected chi connectivity index (χ4v) is 3.64. The summed E-state index contributed by atoms with van der Waals surface area (Å²) in [7, 11) is 0. The van der Waals surface area contributed by atoms with Gasteiger partial charge in [-0.3, -0.25) is 19.8 Å². The normalized spacial score (nSPS) is 14.6. The van der Waals surface area contributed by atoms with Gasteiger partial charge in [0.25, 0.3) is 11.6 Å². The minimum atomic E-state index is -0.576. The topological polar surface area (TPSA) is 106 Å². The molecule has 0 spiro atoms. The van der Waals surface area contributed by atoms with Crippen LogP contribution in [0.1, 0.15) is 16.2 Å². The maximum atomic E-state index is 12.8. The Kier molecular flexibility index (Phi) is 6.17. The molecule has 0 unspecified atom stereocenters. The molecule has 31 heavy (non-hydrogen) atoms. The summed E-state index contributed by atoms with van der Waals surface area (Å²) in [5.41, 5.74) is 0.547. The van der Waals surface area contributed by atoms with Crippen molar-refractivity contribution < 1.29 is 14.2 Å². The molecule has 0 bridgehead atoms. The number of nitro benzene ring substituents is 1. The molecule has 1 amide bonds. The van der Waals surface area contributed by atoms with E-state index in [1.54, 1.807) is 17.0 Å². The van der Waals surface area contributed by atoms with Gasteiger partial charge in [-0.1, -0.05) is 28.4 Å². The quantitative estimate of drug-likeness (QED) is 0.418. The Hall–Kier alpha value is -3.01. The Morgan fingerprint density at radius 3 is 2.42 bits per heavy atom. The molecule has 0 radical (unpaired) electrons. The number of amides is 1. The van der Waals surface area contributed by atoms with Crippen molar-refractivity contribution >= 4 is 34.8 Å². The molecule has 2 aromatic carbocycles. The zero-order valence-corrected chi connectivity index (χ0v) is 17.7. The number of hydrogen-bond donors (Lipinski definition) is 0. The van der Waals surface area contributed by atoms with Crippen molar-refractivity contribution in [1.29, 1.82) is 0 Å². The van der Waals surface area contributed by atoms with Crippen LogP contribution in [0.25, 0.3) is 11.4 Å². The third kappa shape index (κ3) is 4.84. The van der Waals surface area contributed by atoms with Gasteiger partial charge in [0.2, 0.25) is 11.7 Å². The SMILES string of the molecule is O=C(c1cc(Cl)ccc1[N+](=O)[O-])N1CCN(Cc2nc(-c3ccc(Cl)cc3)no2)CC1. The van der Waals surface area contributed by atoms with Gasteiger partial charge >= 0.3 is 0 Å². The Balaban J connectivity index is 1.37. The van der Waals surface area contributed by atoms with E-state index in [9.17, 15) is 14.9 Å². The second kappa shape index (κ2) is 9.01. The molecule has 2 heterocycles. The summed E-state index contributed by atoms with van der Waals surface area (Å²) in [5, 5.41) is 16.2. The summed E-state index contributed by atoms with van der Waals surface area (Å²) in [6.45, 7) is 2.42. The number of carbonyl (C=O) groups excluding carboxylic acids is 1. The highest BCUT2D eigenvalue weighted by atomic mass is 35.5. The number of halogens is 2. The van der Waals surface area contributed by atoms with Crippen LogP contribution in [0.15, 0.2) is 47.0 Å². The minimum Gasteiger partial charge on any atom is -0.338 e. The predicted molar refractivity (Wildman–Crippen MR) is 114 cm³/mol. The van der Waals surface area contributed by atoms with Crippen molar-refractivity contribution in [1.82, 2.24) is 19.9 Å². The lowest BCUT2D eigenvalue weighted by Gasteiger charge is -2.33. The van der Waals surface area contributed by atoms with Crippen molar-refractivity contribution in [3.63, 3.8) is 0 Å². The van der Waals surface area contributed by atoms with Crippen LogP contribution in [0.4, 0.5) is 5.69 Å². The Morgan fingerprint density at radius 2 is 1.74 bits per heavy atom. The lowest BCUT2D eigenvalue weighted by molar-refractivity contribution is -0.385. The van der Waals surface area contributed by atoms with Crippen LogP contribution < -0.4 is 0 Å². The summed E-state index contributed by atoms with van der Waals surface area (Å²) in [5.74, 6) is 0.542. The summed E-state index contributed by atoms with van der Waals surface area (Å²) < 4.78 is 5.34. The molecule has 1 aromatic heterocycles. The van der Waals surface area contributed by atoms with Crippen molar-refractivity contribution in [3.05, 3.63) is 74.1 Å². The molecular formula is C20H17Cl2N5O4. The number of carbonyl (C=O) groups is 1. The van der Waals surface area contributed by atoms with Gasteiger partial charge in [-0.2, -0.15) is 4.98 Å². The average molecular weight is 462 g/mol. The second-order valence-corrected chi connectivity index (χ2v) is 7.88. The number of benzene rings is 2. The molecule has 0 saturated carbocycles. The van der Waals surface area contributed by atoms with Gasteiger partial charge in [0.15, 0.2) is 0 Å². The molecule has 9 nitrogen and oxygen atoms in total. The molecule has 0 atom stereocenters. The van der Waals surface area contributed by atoms with Gasteiger partial charge in [-0.05, 0) is 36.4 Å². The number of nitro groups is 1. The molecule has 1 aliphatic rings. The summed E-state index contributed by atoms with van der Waals surface area (Å²) in [4.78, 5) is 31.6. The summed E-state index contributed by atoms with van der Waals surface area (Å²) in [6.07, 6.45) is 0. The zero-order chi connectivity index (χ0) is 22.0. The zero-order valence-electron chi connectivity index (χ0n) is 16.2. The molecule has 1 aliphatic heterocycles. The van der Waals surface area contributed by atoms with E-state index in [-0.39, 0.29) is 16.3 Å². The third-order valence-electron chi connectivity index (χ3n) is 4.97. The Bertz CT molecular complexity index is 1110. The molecule has 1 saturated heterocycles. The largest absolute Gasteiger partial charge is 0.338 e. The summed E-state index contributed by atoms with van der Waals surface area (Å²) in [6, 6.07) is 11.1. The highest BCUT2D eigenvalue weighted by molar-refractivity contribution is 6.31. The number of aromatic nitrogens is 2. The van der Waals surface area contributed by atoms with Crippen molar-refractivity contribution in [2.45, 2.75) is 6.54 Å². The first-order valence-electron chi connectivity index (χ1n) is 9.45. The first-order valence-corrected chi connectivity index (χ1v) is 10.2. The molecule has 3 aromatic rings. The van der Waals surface area contributed by atoms with E-state index >= 15 is 0 Å². The van der Waals surface area contributed by atoms with Crippen LogP contribution in [0.2, 0.25) is 10.0 Å². The number of rotatable bonds is 5. The highest BCUT2D eigenvalue weighted by Crippen LogP contribution is 2.25. The van der Waals surface area contributed by atoms with E-state index < -0.39 is 10.8 Å². The van der Waals surface area contributed by atoms with Crippen LogP contribution in [0, 0.1) is 10.1 Å². The number of hydrogen-bond acceptors (Lipinski definition) is 7. The fraction of sp³-hybridized carbons (Fsp3) is 0.250. The van der Waals surface area contributed by atoms with Gasteiger partial charge in [0.05, 0.1) is 11.5 Å². The lowest BCUT2D eigenvalue weighted by atomic mass is 10.1. The predicted octanol–water partition coefficient (Wildman–Crippen LogP) is 3.91. The molecule has 0 N–H and O–H groups in total. The fourth-order valence-electron chi connectivity index (χ4n) is 3.34. The Labute approximate surface area is 187 Å². The van der Waals surface area contributed by atoms with Gasteiger partial charge < -0.3 is 9.42 Å². The molecule has 11 heteroatoms. The maximum Gasteiger partial charge on any atom is 0.282 e. The molecule has 0 aliphatic carbocycles.